The third-order valence-corrected chi connectivity index (χ3v) is 6.41. The summed E-state index contributed by atoms with van der Waals surface area (Å²) in [4.78, 5) is 0. The van der Waals surface area contributed by atoms with Crippen LogP contribution in [0, 0.1) is 0 Å². The monoisotopic (exact) mass is 434 g/mol. The first kappa shape index (κ1) is 30.3. The Morgan fingerprint density at radius 2 is 0.613 bits per heavy atom. The lowest BCUT2D eigenvalue weighted by molar-refractivity contribution is 0.274. The number of unbranched alkanes of at least 4 members (excludes halogenated alkanes) is 20. The van der Waals surface area contributed by atoms with Gasteiger partial charge in [-0.2, -0.15) is 0 Å². The predicted molar refractivity (Wildman–Crippen MR) is 142 cm³/mol. The van der Waals surface area contributed by atoms with Crippen molar-refractivity contribution in [2.24, 2.45) is 0 Å². The summed E-state index contributed by atoms with van der Waals surface area (Å²) in [5.74, 6) is 1.84. The third kappa shape index (κ3) is 25.4. The topological polar surface area (TPSA) is 9.23 Å². The van der Waals surface area contributed by atoms with Crippen LogP contribution in [0.25, 0.3) is 0 Å². The first-order valence-electron chi connectivity index (χ1n) is 14.2. The van der Waals surface area contributed by atoms with Crippen LogP contribution in [0.2, 0.25) is 0 Å². The molecule has 0 aliphatic carbocycles. The van der Waals surface area contributed by atoms with Crippen LogP contribution in [0.4, 0.5) is 0 Å². The summed E-state index contributed by atoms with van der Waals surface area (Å²) in [7, 11) is 0. The van der Waals surface area contributed by atoms with Gasteiger partial charge in [0, 0.05) is 12.8 Å². The number of rotatable bonds is 26. The zero-order chi connectivity index (χ0) is 22.8. The minimum Gasteiger partial charge on any atom is -0.467 e. The minimum atomic E-state index is 0.920. The van der Waals surface area contributed by atoms with E-state index in [2.05, 4.69) is 27.0 Å². The van der Waals surface area contributed by atoms with Crippen molar-refractivity contribution in [3.63, 3.8) is 0 Å². The SMILES string of the molecule is C=C(CCCCCCCCCCCCC)OC(=C)CCCCCCCCCCCCC. The highest BCUT2D eigenvalue weighted by molar-refractivity contribution is 4.93. The van der Waals surface area contributed by atoms with Gasteiger partial charge in [0.05, 0.1) is 11.5 Å². The van der Waals surface area contributed by atoms with Gasteiger partial charge in [-0.15, -0.1) is 0 Å². The molecule has 0 amide bonds. The molecule has 1 heteroatoms. The Balaban J connectivity index is 3.31. The molecule has 0 aliphatic heterocycles. The fraction of sp³-hybridized carbons (Fsp3) is 0.867. The second kappa shape index (κ2) is 25.5. The van der Waals surface area contributed by atoms with E-state index < -0.39 is 0 Å². The van der Waals surface area contributed by atoms with Crippen molar-refractivity contribution in [3.8, 4) is 0 Å². The highest BCUT2D eigenvalue weighted by atomic mass is 16.5. The molecule has 0 unspecified atom stereocenters. The van der Waals surface area contributed by atoms with E-state index in [1.807, 2.05) is 0 Å². The smallest absolute Gasteiger partial charge is 0.0964 e. The van der Waals surface area contributed by atoms with E-state index in [0.717, 1.165) is 24.4 Å². The minimum absolute atomic E-state index is 0.920. The van der Waals surface area contributed by atoms with Gasteiger partial charge in [0.15, 0.2) is 0 Å². The van der Waals surface area contributed by atoms with Crippen molar-refractivity contribution >= 4 is 0 Å². The van der Waals surface area contributed by atoms with Crippen LogP contribution in [0.15, 0.2) is 24.7 Å². The highest BCUT2D eigenvalue weighted by Crippen LogP contribution is 2.18. The second-order valence-corrected chi connectivity index (χ2v) is 9.75. The van der Waals surface area contributed by atoms with Gasteiger partial charge in [-0.1, -0.05) is 155 Å². The fourth-order valence-electron chi connectivity index (χ4n) is 4.28. The molecule has 0 aromatic carbocycles. The largest absolute Gasteiger partial charge is 0.467 e. The maximum atomic E-state index is 5.85. The van der Waals surface area contributed by atoms with Crippen LogP contribution < -0.4 is 0 Å². The molecule has 31 heavy (non-hydrogen) atoms. The first-order valence-corrected chi connectivity index (χ1v) is 14.2. The van der Waals surface area contributed by atoms with Crippen molar-refractivity contribution in [2.75, 3.05) is 0 Å². The molecule has 0 spiro atoms. The summed E-state index contributed by atoms with van der Waals surface area (Å²) >= 11 is 0. The second-order valence-electron chi connectivity index (χ2n) is 9.75. The van der Waals surface area contributed by atoms with Gasteiger partial charge in [0.2, 0.25) is 0 Å². The molecular formula is C30H58O. The van der Waals surface area contributed by atoms with Gasteiger partial charge in [-0.05, 0) is 12.8 Å². The Kier molecular flexibility index (Phi) is 24.9. The zero-order valence-corrected chi connectivity index (χ0v) is 21.8. The maximum Gasteiger partial charge on any atom is 0.0964 e. The summed E-state index contributed by atoms with van der Waals surface area (Å²) in [6.45, 7) is 12.8. The van der Waals surface area contributed by atoms with Gasteiger partial charge >= 0.3 is 0 Å². The van der Waals surface area contributed by atoms with Crippen LogP contribution in [-0.4, -0.2) is 0 Å². The molecule has 0 saturated heterocycles. The Bertz CT molecular complexity index is 348. The van der Waals surface area contributed by atoms with E-state index in [1.54, 1.807) is 0 Å². The van der Waals surface area contributed by atoms with E-state index >= 15 is 0 Å². The predicted octanol–water partition coefficient (Wildman–Crippen LogP) is 11.4. The van der Waals surface area contributed by atoms with Crippen LogP contribution in [-0.2, 0) is 4.74 Å². The highest BCUT2D eigenvalue weighted by Gasteiger charge is 2.01. The molecule has 0 heterocycles. The van der Waals surface area contributed by atoms with E-state index in [9.17, 15) is 0 Å². The molecular weight excluding hydrogens is 376 g/mol. The van der Waals surface area contributed by atoms with Crippen molar-refractivity contribution in [1.82, 2.24) is 0 Å². The molecule has 0 aromatic heterocycles. The summed E-state index contributed by atoms with van der Waals surface area (Å²) in [5.41, 5.74) is 0. The maximum absolute atomic E-state index is 5.85. The van der Waals surface area contributed by atoms with Gasteiger partial charge in [-0.25, -0.2) is 0 Å². The Labute approximate surface area is 197 Å². The van der Waals surface area contributed by atoms with Crippen molar-refractivity contribution in [2.45, 2.75) is 168 Å². The average molecular weight is 435 g/mol. The van der Waals surface area contributed by atoms with E-state index in [4.69, 9.17) is 4.74 Å². The lowest BCUT2D eigenvalue weighted by atomic mass is 10.0. The Morgan fingerprint density at radius 1 is 0.387 bits per heavy atom. The number of allylic oxidation sites excluding steroid dienone is 2. The molecule has 1 nitrogen and oxygen atoms in total. The van der Waals surface area contributed by atoms with Crippen LogP contribution >= 0.6 is 0 Å². The quantitative estimate of drug-likeness (QED) is 0.0971. The molecule has 0 saturated carbocycles. The normalized spacial score (nSPS) is 11.0. The summed E-state index contributed by atoms with van der Waals surface area (Å²) in [6, 6.07) is 0. The summed E-state index contributed by atoms with van der Waals surface area (Å²) in [6.07, 6.45) is 32.4. The zero-order valence-electron chi connectivity index (χ0n) is 21.8. The molecule has 0 bridgehead atoms. The van der Waals surface area contributed by atoms with E-state index in [1.165, 1.54) is 141 Å². The standard InChI is InChI=1S/C30H58O/c1-5-7-9-11-13-15-17-19-21-23-25-27-29(3)31-30(4)28-26-24-22-20-18-16-14-12-10-8-6-2/h3-28H2,1-2H3. The molecule has 0 atom stereocenters. The number of hydrogen-bond acceptors (Lipinski definition) is 1. The average Bonchev–Trinajstić information content (AvgIpc) is 2.75. The molecule has 0 N–H and O–H groups in total. The van der Waals surface area contributed by atoms with Crippen LogP contribution in [0.1, 0.15) is 168 Å². The first-order chi connectivity index (χ1) is 15.2. The Morgan fingerprint density at radius 3 is 0.871 bits per heavy atom. The van der Waals surface area contributed by atoms with Crippen molar-refractivity contribution in [1.29, 1.82) is 0 Å². The van der Waals surface area contributed by atoms with E-state index in [-0.39, 0.29) is 0 Å². The van der Waals surface area contributed by atoms with Crippen LogP contribution in [0.5, 0.6) is 0 Å². The van der Waals surface area contributed by atoms with E-state index in [0.29, 0.717) is 0 Å². The van der Waals surface area contributed by atoms with Gasteiger partial charge in [0.25, 0.3) is 0 Å². The van der Waals surface area contributed by atoms with Crippen LogP contribution in [0.3, 0.4) is 0 Å². The lowest BCUT2D eigenvalue weighted by Gasteiger charge is -2.11. The number of hydrogen-bond donors (Lipinski definition) is 0. The van der Waals surface area contributed by atoms with Crippen molar-refractivity contribution in [3.05, 3.63) is 24.7 Å². The number of ether oxygens (including phenoxy) is 1. The summed E-state index contributed by atoms with van der Waals surface area (Å²) in [5, 5.41) is 0. The molecule has 0 aliphatic rings. The van der Waals surface area contributed by atoms with Gasteiger partial charge in [-0.3, -0.25) is 0 Å². The van der Waals surface area contributed by atoms with Crippen molar-refractivity contribution < 1.29 is 4.74 Å². The fourth-order valence-corrected chi connectivity index (χ4v) is 4.28. The molecule has 0 radical (unpaired) electrons. The lowest BCUT2D eigenvalue weighted by Crippen LogP contribution is -1.93. The van der Waals surface area contributed by atoms with Gasteiger partial charge in [0.1, 0.15) is 0 Å². The Hall–Kier alpha value is -0.720. The summed E-state index contributed by atoms with van der Waals surface area (Å²) < 4.78 is 5.85. The molecule has 0 aromatic rings. The molecule has 0 fully saturated rings. The third-order valence-electron chi connectivity index (χ3n) is 6.41. The molecule has 0 rings (SSSR count). The molecule has 184 valence electrons. The van der Waals surface area contributed by atoms with Gasteiger partial charge < -0.3 is 4.74 Å².